The first-order valence-electron chi connectivity index (χ1n) is 17.2. The van der Waals surface area contributed by atoms with Gasteiger partial charge < -0.3 is 35.1 Å². The molecule has 0 unspecified atom stereocenters. The Morgan fingerprint density at radius 1 is 0.804 bits per heavy atom. The van der Waals surface area contributed by atoms with Gasteiger partial charge in [0.05, 0.1) is 24.9 Å². The third-order valence-electron chi connectivity index (χ3n) is 9.20. The minimum absolute atomic E-state index is 0.0207. The Kier molecular flexibility index (Phi) is 12.1. The molecule has 9 heteroatoms. The van der Waals surface area contributed by atoms with Gasteiger partial charge in [0.2, 0.25) is 0 Å². The summed E-state index contributed by atoms with van der Waals surface area (Å²) in [5, 5.41) is 26.4. The third kappa shape index (κ3) is 9.82. The number of carbonyl (C=O) groups excluding carboxylic acids is 1. The quantitative estimate of drug-likeness (QED) is 0.0996. The number of aliphatic hydroxyl groups excluding tert-OH is 2. The predicted octanol–water partition coefficient (Wildman–Crippen LogP) is 7.89. The molecule has 51 heavy (non-hydrogen) atoms. The second-order valence-corrected chi connectivity index (χ2v) is 12.9. The second-order valence-electron chi connectivity index (χ2n) is 12.9. The van der Waals surface area contributed by atoms with Gasteiger partial charge >= 0.3 is 6.03 Å². The van der Waals surface area contributed by atoms with E-state index in [1.165, 1.54) is 0 Å². The van der Waals surface area contributed by atoms with Crippen LogP contribution in [0.25, 0.3) is 0 Å². The molecule has 2 amide bonds. The van der Waals surface area contributed by atoms with Crippen LogP contribution in [0.4, 0.5) is 10.5 Å². The van der Waals surface area contributed by atoms with Crippen LogP contribution in [0.1, 0.15) is 59.7 Å². The summed E-state index contributed by atoms with van der Waals surface area (Å²) in [4.78, 5) is 14.8. The standard InChI is InChI=1S/C42H45N3O6/c1-29(40(47)33-9-5-3-6-10-33)45(2)27-38-25-39(32-17-15-31(28-46)16-18-32)51-41(50-38)34-19-13-30(14-20-34)26-43-42(48)44-35-21-23-37(24-22-35)49-36-11-7-4-8-12-36/h3-24,29,38-41,46-47H,25-28H2,1-2H3,(H2,43,44,48)/t29-,38+,39-,40-,41-/m0/s1. The van der Waals surface area contributed by atoms with Crippen LogP contribution in [0.2, 0.25) is 0 Å². The maximum Gasteiger partial charge on any atom is 0.319 e. The van der Waals surface area contributed by atoms with Gasteiger partial charge in [-0.1, -0.05) is 97.1 Å². The normalized spacial score (nSPS) is 18.5. The number of carbonyl (C=O) groups is 1. The number of benzene rings is 5. The Labute approximate surface area is 299 Å². The minimum atomic E-state index is -0.642. The molecule has 4 N–H and O–H groups in total. The Balaban J connectivity index is 1.06. The largest absolute Gasteiger partial charge is 0.457 e. The number of nitrogens with zero attached hydrogens (tertiary/aromatic N) is 1. The highest BCUT2D eigenvalue weighted by atomic mass is 16.7. The number of aliphatic hydroxyl groups is 2. The van der Waals surface area contributed by atoms with Gasteiger partial charge in [-0.05, 0) is 72.6 Å². The average Bonchev–Trinajstić information content (AvgIpc) is 3.18. The fourth-order valence-electron chi connectivity index (χ4n) is 6.07. The van der Waals surface area contributed by atoms with Crippen molar-refractivity contribution in [3.63, 3.8) is 0 Å². The number of hydrogen-bond acceptors (Lipinski definition) is 7. The summed E-state index contributed by atoms with van der Waals surface area (Å²) >= 11 is 0. The number of hydrogen-bond donors (Lipinski definition) is 4. The van der Waals surface area contributed by atoms with E-state index in [0.29, 0.717) is 30.9 Å². The van der Waals surface area contributed by atoms with E-state index >= 15 is 0 Å². The molecule has 5 aromatic rings. The van der Waals surface area contributed by atoms with E-state index < -0.39 is 12.4 Å². The molecule has 0 spiro atoms. The van der Waals surface area contributed by atoms with Gasteiger partial charge in [-0.2, -0.15) is 0 Å². The third-order valence-corrected chi connectivity index (χ3v) is 9.20. The van der Waals surface area contributed by atoms with Crippen LogP contribution >= 0.6 is 0 Å². The number of likely N-dealkylation sites (N-methyl/N-ethyl adjacent to an activating group) is 1. The van der Waals surface area contributed by atoms with Crippen molar-refractivity contribution in [1.29, 1.82) is 0 Å². The summed E-state index contributed by atoms with van der Waals surface area (Å²) in [5.74, 6) is 1.42. The van der Waals surface area contributed by atoms with E-state index in [1.54, 1.807) is 12.1 Å². The molecule has 0 saturated carbocycles. The number of rotatable bonds is 13. The number of anilines is 1. The van der Waals surface area contributed by atoms with Crippen LogP contribution in [0.3, 0.4) is 0 Å². The Morgan fingerprint density at radius 2 is 1.41 bits per heavy atom. The molecule has 1 saturated heterocycles. The molecule has 5 aromatic carbocycles. The highest BCUT2D eigenvalue weighted by Crippen LogP contribution is 2.38. The first-order valence-corrected chi connectivity index (χ1v) is 17.2. The van der Waals surface area contributed by atoms with Crippen LogP contribution in [-0.4, -0.2) is 46.9 Å². The monoisotopic (exact) mass is 687 g/mol. The molecule has 0 aromatic heterocycles. The van der Waals surface area contributed by atoms with Crippen molar-refractivity contribution in [2.24, 2.45) is 0 Å². The molecule has 0 bridgehead atoms. The number of ether oxygens (including phenoxy) is 3. The molecule has 1 heterocycles. The summed E-state index contributed by atoms with van der Waals surface area (Å²) < 4.78 is 18.9. The zero-order valence-corrected chi connectivity index (χ0v) is 28.9. The average molecular weight is 688 g/mol. The maximum atomic E-state index is 12.7. The number of urea groups is 1. The Hall–Kier alpha value is -5.03. The van der Waals surface area contributed by atoms with E-state index in [9.17, 15) is 15.0 Å². The SMILES string of the molecule is C[C@@H]([C@H](O)c1ccccc1)N(C)C[C@H]1C[C@@H](c2ccc(CO)cc2)O[C@@H](c2ccc(CNC(=O)Nc3ccc(Oc4ccccc4)cc3)cc2)O1. The highest BCUT2D eigenvalue weighted by Gasteiger charge is 2.34. The summed E-state index contributed by atoms with van der Waals surface area (Å²) in [6.07, 6.45) is -1.03. The summed E-state index contributed by atoms with van der Waals surface area (Å²) in [7, 11) is 2.00. The maximum absolute atomic E-state index is 12.7. The van der Waals surface area contributed by atoms with Crippen molar-refractivity contribution in [3.8, 4) is 11.5 Å². The molecule has 1 aliphatic rings. The number of nitrogens with one attached hydrogen (secondary N) is 2. The number of amides is 2. The van der Waals surface area contributed by atoms with E-state index in [1.807, 2.05) is 135 Å². The van der Waals surface area contributed by atoms with E-state index in [-0.39, 0.29) is 30.9 Å². The summed E-state index contributed by atoms with van der Waals surface area (Å²) in [6.45, 7) is 2.93. The van der Waals surface area contributed by atoms with Gasteiger partial charge in [0, 0.05) is 36.8 Å². The number of para-hydroxylation sites is 1. The van der Waals surface area contributed by atoms with Gasteiger partial charge in [-0.25, -0.2) is 4.79 Å². The van der Waals surface area contributed by atoms with Crippen LogP contribution in [-0.2, 0) is 22.6 Å². The molecule has 1 aliphatic heterocycles. The van der Waals surface area contributed by atoms with Gasteiger partial charge in [0.15, 0.2) is 6.29 Å². The topological polar surface area (TPSA) is 113 Å². The van der Waals surface area contributed by atoms with Crippen molar-refractivity contribution in [3.05, 3.63) is 161 Å². The van der Waals surface area contributed by atoms with Crippen LogP contribution in [0.15, 0.2) is 133 Å². The van der Waals surface area contributed by atoms with Gasteiger partial charge in [-0.15, -0.1) is 0 Å². The van der Waals surface area contributed by atoms with Crippen LogP contribution in [0.5, 0.6) is 11.5 Å². The zero-order chi connectivity index (χ0) is 35.6. The smallest absolute Gasteiger partial charge is 0.319 e. The van der Waals surface area contributed by atoms with Gasteiger partial charge in [-0.3, -0.25) is 4.90 Å². The lowest BCUT2D eigenvalue weighted by Crippen LogP contribution is -2.43. The van der Waals surface area contributed by atoms with Crippen molar-refractivity contribution < 1.29 is 29.2 Å². The lowest BCUT2D eigenvalue weighted by molar-refractivity contribution is -0.253. The Morgan fingerprint density at radius 3 is 2.08 bits per heavy atom. The molecule has 9 nitrogen and oxygen atoms in total. The lowest BCUT2D eigenvalue weighted by Gasteiger charge is -2.39. The van der Waals surface area contributed by atoms with Crippen molar-refractivity contribution in [2.75, 3.05) is 18.9 Å². The molecule has 6 rings (SSSR count). The second kappa shape index (κ2) is 17.3. The predicted molar refractivity (Wildman–Crippen MR) is 197 cm³/mol. The molecule has 1 fully saturated rings. The fraction of sp³-hybridized carbons (Fsp3) is 0.262. The molecule has 0 radical (unpaired) electrons. The molecule has 5 atom stereocenters. The first kappa shape index (κ1) is 35.8. The van der Waals surface area contributed by atoms with Crippen molar-refractivity contribution >= 4 is 11.7 Å². The van der Waals surface area contributed by atoms with E-state index in [2.05, 4.69) is 15.5 Å². The molecular formula is C42H45N3O6. The highest BCUT2D eigenvalue weighted by molar-refractivity contribution is 5.89. The van der Waals surface area contributed by atoms with Crippen molar-refractivity contribution in [2.45, 2.75) is 57.1 Å². The molecule has 264 valence electrons. The van der Waals surface area contributed by atoms with Crippen molar-refractivity contribution in [1.82, 2.24) is 10.2 Å². The molecule has 0 aliphatic carbocycles. The summed E-state index contributed by atoms with van der Waals surface area (Å²) in [5.41, 5.74) is 5.16. The van der Waals surface area contributed by atoms with Crippen LogP contribution < -0.4 is 15.4 Å². The fourth-order valence-corrected chi connectivity index (χ4v) is 6.07. The first-order chi connectivity index (χ1) is 24.8. The Bertz CT molecular complexity index is 1800. The summed E-state index contributed by atoms with van der Waals surface area (Å²) in [6, 6.07) is 41.6. The van der Waals surface area contributed by atoms with Crippen LogP contribution in [0, 0.1) is 0 Å². The zero-order valence-electron chi connectivity index (χ0n) is 28.9. The molecular weight excluding hydrogens is 642 g/mol. The van der Waals surface area contributed by atoms with E-state index in [0.717, 1.165) is 33.6 Å². The minimum Gasteiger partial charge on any atom is -0.457 e. The van der Waals surface area contributed by atoms with Gasteiger partial charge in [0.25, 0.3) is 0 Å². The van der Waals surface area contributed by atoms with Gasteiger partial charge in [0.1, 0.15) is 11.5 Å². The van der Waals surface area contributed by atoms with E-state index in [4.69, 9.17) is 14.2 Å². The lowest BCUT2D eigenvalue weighted by atomic mass is 9.98.